The number of carboxylic acid groups (broad SMARTS) is 1. The molecule has 2 aromatic rings. The average Bonchev–Trinajstić information content (AvgIpc) is 3.28. The Labute approximate surface area is 220 Å². The number of aromatic amines is 1. The number of hydrogen-bond acceptors (Lipinski definition) is 5. The fourth-order valence-electron chi connectivity index (χ4n) is 4.01. The Morgan fingerprint density at radius 2 is 1.92 bits per heavy atom. The molecule has 1 aromatic carbocycles. The molecule has 0 unspecified atom stereocenters. The maximum atomic E-state index is 12.8. The summed E-state index contributed by atoms with van der Waals surface area (Å²) in [4.78, 5) is 50.8. The fourth-order valence-corrected chi connectivity index (χ4v) is 4.18. The molecule has 14 heteroatoms. The number of carboxylic acids is 1. The second kappa shape index (κ2) is 11.7. The van der Waals surface area contributed by atoms with Gasteiger partial charge in [0.15, 0.2) is 0 Å². The number of nitrogens with one attached hydrogen (secondary N) is 4. The number of amides is 3. The van der Waals surface area contributed by atoms with Gasteiger partial charge in [-0.05, 0) is 43.7 Å². The quantitative estimate of drug-likeness (QED) is 0.359. The number of hydrogen-bond donors (Lipinski definition) is 5. The van der Waals surface area contributed by atoms with Crippen molar-refractivity contribution in [2.75, 3.05) is 38.0 Å². The molecule has 10 nitrogen and oxygen atoms in total. The van der Waals surface area contributed by atoms with Crippen LogP contribution < -0.4 is 16.0 Å². The highest BCUT2D eigenvalue weighted by Crippen LogP contribution is 2.35. The topological polar surface area (TPSA) is 144 Å². The number of carbonyl (C=O) groups excluding carboxylic acids is 3. The Balaban J connectivity index is 0.000000505. The number of rotatable bonds is 5. The van der Waals surface area contributed by atoms with Crippen LogP contribution in [0.5, 0.6) is 0 Å². The normalized spacial score (nSPS) is 16.3. The summed E-state index contributed by atoms with van der Waals surface area (Å²) in [5.74, 6) is -3.14. The van der Waals surface area contributed by atoms with Gasteiger partial charge in [0.05, 0.1) is 17.7 Å². The van der Waals surface area contributed by atoms with Crippen molar-refractivity contribution in [1.29, 1.82) is 0 Å². The maximum Gasteiger partial charge on any atom is 0.490 e. The summed E-state index contributed by atoms with van der Waals surface area (Å²) in [6.07, 6.45) is -3.33. The second-order valence-electron chi connectivity index (χ2n) is 8.55. The number of fused-ring (bicyclic) bond motifs is 1. The van der Waals surface area contributed by atoms with E-state index in [-0.39, 0.29) is 17.7 Å². The summed E-state index contributed by atoms with van der Waals surface area (Å²) in [5, 5.41) is 16.2. The van der Waals surface area contributed by atoms with Gasteiger partial charge in [-0.1, -0.05) is 11.6 Å². The SMILES string of the molecule is Cc1[nH]c(/C=C2\C(=O)Nc3ccc(Cl)cc32)c(C)c1C(=O)NCCN1CCNC(=O)C1.O=C(O)C(F)(F)F. The van der Waals surface area contributed by atoms with Gasteiger partial charge in [-0.2, -0.15) is 13.2 Å². The van der Waals surface area contributed by atoms with Crippen molar-refractivity contribution in [1.82, 2.24) is 20.5 Å². The lowest BCUT2D eigenvalue weighted by atomic mass is 10.0. The Morgan fingerprint density at radius 3 is 2.55 bits per heavy atom. The van der Waals surface area contributed by atoms with Crippen molar-refractivity contribution in [3.8, 4) is 0 Å². The molecule has 5 N–H and O–H groups in total. The molecule has 3 amide bonds. The summed E-state index contributed by atoms with van der Waals surface area (Å²) in [6.45, 7) is 6.49. The molecule has 0 spiro atoms. The molecule has 3 heterocycles. The van der Waals surface area contributed by atoms with E-state index in [1.54, 1.807) is 24.3 Å². The highest BCUT2D eigenvalue weighted by atomic mass is 35.5. The van der Waals surface area contributed by atoms with Crippen molar-refractivity contribution < 1.29 is 37.5 Å². The lowest BCUT2D eigenvalue weighted by Crippen LogP contribution is -2.49. The lowest BCUT2D eigenvalue weighted by molar-refractivity contribution is -0.192. The van der Waals surface area contributed by atoms with E-state index in [2.05, 4.69) is 20.9 Å². The van der Waals surface area contributed by atoms with E-state index in [1.165, 1.54) is 0 Å². The van der Waals surface area contributed by atoms with Crippen LogP contribution in [0, 0.1) is 13.8 Å². The van der Waals surface area contributed by atoms with E-state index in [4.69, 9.17) is 21.5 Å². The predicted octanol–water partition coefficient (Wildman–Crippen LogP) is 2.57. The third-order valence-corrected chi connectivity index (χ3v) is 6.07. The van der Waals surface area contributed by atoms with E-state index in [9.17, 15) is 27.6 Å². The number of alkyl halides is 3. The first-order valence-corrected chi connectivity index (χ1v) is 11.7. The van der Waals surface area contributed by atoms with E-state index >= 15 is 0 Å². The highest BCUT2D eigenvalue weighted by Gasteiger charge is 2.38. The lowest BCUT2D eigenvalue weighted by Gasteiger charge is -2.26. The summed E-state index contributed by atoms with van der Waals surface area (Å²) >= 11 is 6.10. The number of aryl methyl sites for hydroxylation is 1. The third kappa shape index (κ3) is 6.92. The Kier molecular flexibility index (Phi) is 8.84. The molecular formula is C24H25ClF3N5O5. The van der Waals surface area contributed by atoms with Crippen LogP contribution in [0.1, 0.15) is 32.9 Å². The number of piperazine rings is 1. The average molecular weight is 556 g/mol. The monoisotopic (exact) mass is 555 g/mol. The van der Waals surface area contributed by atoms with Crippen LogP contribution in [-0.2, 0) is 14.4 Å². The minimum atomic E-state index is -5.08. The van der Waals surface area contributed by atoms with Crippen molar-refractivity contribution in [2.45, 2.75) is 20.0 Å². The van der Waals surface area contributed by atoms with Gasteiger partial charge in [-0.25, -0.2) is 4.79 Å². The number of aliphatic carboxylic acids is 1. The van der Waals surface area contributed by atoms with Crippen molar-refractivity contribution >= 4 is 52.6 Å². The maximum absolute atomic E-state index is 12.8. The molecular weight excluding hydrogens is 531 g/mol. The van der Waals surface area contributed by atoms with Crippen LogP contribution in [0.25, 0.3) is 11.6 Å². The minimum absolute atomic E-state index is 0.00592. The van der Waals surface area contributed by atoms with Gasteiger partial charge in [0.25, 0.3) is 11.8 Å². The Bertz CT molecular complexity index is 1310. The summed E-state index contributed by atoms with van der Waals surface area (Å²) in [5.41, 5.74) is 4.71. The molecule has 0 radical (unpaired) electrons. The summed E-state index contributed by atoms with van der Waals surface area (Å²) in [6, 6.07) is 5.25. The predicted molar refractivity (Wildman–Crippen MR) is 134 cm³/mol. The van der Waals surface area contributed by atoms with Crippen LogP contribution in [0.3, 0.4) is 0 Å². The molecule has 1 fully saturated rings. The van der Waals surface area contributed by atoms with Gasteiger partial charge < -0.3 is 26.0 Å². The van der Waals surface area contributed by atoms with Crippen molar-refractivity contribution in [3.63, 3.8) is 0 Å². The number of aromatic nitrogens is 1. The van der Waals surface area contributed by atoms with E-state index in [0.717, 1.165) is 23.4 Å². The number of H-pyrrole nitrogens is 1. The zero-order chi connectivity index (χ0) is 28.2. The second-order valence-corrected chi connectivity index (χ2v) is 8.99. The largest absolute Gasteiger partial charge is 0.490 e. The highest BCUT2D eigenvalue weighted by molar-refractivity contribution is 6.36. The smallest absolute Gasteiger partial charge is 0.475 e. The van der Waals surface area contributed by atoms with Gasteiger partial charge >= 0.3 is 12.1 Å². The molecule has 1 aromatic heterocycles. The van der Waals surface area contributed by atoms with Crippen LogP contribution >= 0.6 is 11.6 Å². The molecule has 2 aliphatic heterocycles. The zero-order valence-corrected chi connectivity index (χ0v) is 21.1. The standard InChI is InChI=1S/C22H24ClN5O3.C2HF3O2/c1-12-18(10-16-15-9-14(23)3-4-17(15)27-21(16)30)26-13(2)20(12)22(31)25-6-8-28-7-5-24-19(29)11-28;3-2(4,5)1(6)7/h3-4,9-10,26H,5-8,11H2,1-2H3,(H,24,29)(H,25,31)(H,27,30);(H,6,7)/b16-10-;. The van der Waals surface area contributed by atoms with Crippen LogP contribution in [0.15, 0.2) is 18.2 Å². The van der Waals surface area contributed by atoms with Crippen molar-refractivity contribution in [2.24, 2.45) is 0 Å². The molecule has 0 atom stereocenters. The van der Waals surface area contributed by atoms with Gasteiger partial charge in [-0.3, -0.25) is 19.3 Å². The third-order valence-electron chi connectivity index (χ3n) is 5.83. The van der Waals surface area contributed by atoms with E-state index in [1.807, 2.05) is 18.7 Å². The first kappa shape index (κ1) is 28.7. The Morgan fingerprint density at radius 1 is 1.24 bits per heavy atom. The zero-order valence-electron chi connectivity index (χ0n) is 20.4. The van der Waals surface area contributed by atoms with Gasteiger partial charge in [-0.15, -0.1) is 0 Å². The van der Waals surface area contributed by atoms with Gasteiger partial charge in [0.2, 0.25) is 5.91 Å². The number of nitrogens with zero attached hydrogens (tertiary/aromatic N) is 1. The minimum Gasteiger partial charge on any atom is -0.475 e. The first-order valence-electron chi connectivity index (χ1n) is 11.4. The molecule has 1 saturated heterocycles. The molecule has 38 heavy (non-hydrogen) atoms. The number of halogens is 4. The van der Waals surface area contributed by atoms with Crippen LogP contribution in [0.4, 0.5) is 18.9 Å². The first-order chi connectivity index (χ1) is 17.8. The van der Waals surface area contributed by atoms with E-state index < -0.39 is 12.1 Å². The molecule has 4 rings (SSSR count). The van der Waals surface area contributed by atoms with Crippen LogP contribution in [0.2, 0.25) is 5.02 Å². The molecule has 204 valence electrons. The molecule has 0 bridgehead atoms. The number of carbonyl (C=O) groups is 4. The molecule has 0 aliphatic carbocycles. The summed E-state index contributed by atoms with van der Waals surface area (Å²) in [7, 11) is 0. The van der Waals surface area contributed by atoms with Gasteiger partial charge in [0, 0.05) is 53.8 Å². The summed E-state index contributed by atoms with van der Waals surface area (Å²) < 4.78 is 31.7. The molecule has 0 saturated carbocycles. The van der Waals surface area contributed by atoms with Gasteiger partial charge in [0.1, 0.15) is 0 Å². The van der Waals surface area contributed by atoms with Crippen LogP contribution in [-0.4, -0.2) is 77.6 Å². The fraction of sp³-hybridized carbons (Fsp3) is 0.333. The Hall–Kier alpha value is -3.84. The number of anilines is 1. The molecule has 2 aliphatic rings. The van der Waals surface area contributed by atoms with E-state index in [0.29, 0.717) is 53.7 Å². The number of benzene rings is 1. The van der Waals surface area contributed by atoms with Crippen molar-refractivity contribution in [3.05, 3.63) is 51.3 Å².